The van der Waals surface area contributed by atoms with Crippen molar-refractivity contribution in [1.29, 1.82) is 0 Å². The van der Waals surface area contributed by atoms with Gasteiger partial charge in [-0.15, -0.1) is 0 Å². The van der Waals surface area contributed by atoms with E-state index in [2.05, 4.69) is 44.2 Å². The summed E-state index contributed by atoms with van der Waals surface area (Å²) in [6.07, 6.45) is 0. The molecule has 2 heterocycles. The number of rotatable bonds is 4. The summed E-state index contributed by atoms with van der Waals surface area (Å²) >= 11 is 0. The van der Waals surface area contributed by atoms with E-state index < -0.39 is 0 Å². The summed E-state index contributed by atoms with van der Waals surface area (Å²) in [4.78, 5) is 17.3. The Morgan fingerprint density at radius 2 is 0.844 bits per heavy atom. The Hall–Kier alpha value is -4.20. The molecule has 8 N–H and O–H groups in total. The number of aromatic nitrogens is 4. The second-order valence-electron chi connectivity index (χ2n) is 8.08. The molecule has 32 heavy (non-hydrogen) atoms. The smallest absolute Gasteiger partial charge is 0.222 e. The molecule has 0 atom stereocenters. The fourth-order valence-electron chi connectivity index (χ4n) is 5.02. The molecule has 8 nitrogen and oxygen atoms in total. The van der Waals surface area contributed by atoms with Gasteiger partial charge in [-0.3, -0.25) is 0 Å². The van der Waals surface area contributed by atoms with Crippen LogP contribution in [0.25, 0.3) is 0 Å². The van der Waals surface area contributed by atoms with Crippen LogP contribution in [0.4, 0.5) is 23.5 Å². The summed E-state index contributed by atoms with van der Waals surface area (Å²) < 4.78 is 0. The summed E-state index contributed by atoms with van der Waals surface area (Å²) in [5, 5.41) is 0. The van der Waals surface area contributed by atoms with Crippen molar-refractivity contribution < 1.29 is 0 Å². The van der Waals surface area contributed by atoms with Crippen molar-refractivity contribution in [2.45, 2.75) is 23.7 Å². The topological polar surface area (TPSA) is 156 Å². The zero-order valence-electron chi connectivity index (χ0n) is 17.3. The Labute approximate surface area is 185 Å². The van der Waals surface area contributed by atoms with Crippen LogP contribution in [0.15, 0.2) is 72.8 Å². The number of hydrogen-bond donors (Lipinski definition) is 4. The van der Waals surface area contributed by atoms with Gasteiger partial charge in [0.25, 0.3) is 0 Å². The molecule has 2 aromatic heterocycles. The molecule has 4 aromatic rings. The highest BCUT2D eigenvalue weighted by Gasteiger charge is 2.54. The molecule has 0 unspecified atom stereocenters. The minimum atomic E-state index is 0.00909. The predicted molar refractivity (Wildman–Crippen MR) is 126 cm³/mol. The maximum atomic E-state index is 6.04. The van der Waals surface area contributed by atoms with Gasteiger partial charge in [0.2, 0.25) is 11.9 Å². The largest absolute Gasteiger partial charge is 0.384 e. The lowest BCUT2D eigenvalue weighted by Crippen LogP contribution is -2.41. The van der Waals surface area contributed by atoms with Crippen molar-refractivity contribution in [2.24, 2.45) is 0 Å². The highest BCUT2D eigenvalue weighted by atomic mass is 15.1. The Balaban J connectivity index is 1.72. The number of nitrogen functional groups attached to an aromatic ring is 4. The molecule has 0 saturated heterocycles. The van der Waals surface area contributed by atoms with Crippen LogP contribution in [0.5, 0.6) is 0 Å². The molecule has 1 aliphatic carbocycles. The molecular formula is C24H24N8. The zero-order valence-corrected chi connectivity index (χ0v) is 17.3. The molecule has 0 spiro atoms. The number of nitrogens with zero attached hydrogens (tertiary/aromatic N) is 4. The first-order valence-electron chi connectivity index (χ1n) is 10.4. The van der Waals surface area contributed by atoms with Gasteiger partial charge in [-0.2, -0.15) is 9.97 Å². The van der Waals surface area contributed by atoms with Gasteiger partial charge in [-0.05, 0) is 11.1 Å². The van der Waals surface area contributed by atoms with Crippen molar-refractivity contribution >= 4 is 23.5 Å². The maximum absolute atomic E-state index is 6.04. The summed E-state index contributed by atoms with van der Waals surface area (Å²) in [5.74, 6) is 1.17. The number of benzene rings is 2. The molecule has 8 heteroatoms. The van der Waals surface area contributed by atoms with Crippen LogP contribution in [0.3, 0.4) is 0 Å². The lowest BCUT2D eigenvalue weighted by molar-refractivity contribution is 0.220. The summed E-state index contributed by atoms with van der Waals surface area (Å²) in [6, 6.07) is 24.2. The van der Waals surface area contributed by atoms with E-state index in [-0.39, 0.29) is 35.6 Å². The molecular weight excluding hydrogens is 400 g/mol. The quantitative estimate of drug-likeness (QED) is 0.389. The van der Waals surface area contributed by atoms with Gasteiger partial charge >= 0.3 is 0 Å². The van der Waals surface area contributed by atoms with E-state index in [1.165, 1.54) is 11.1 Å². The molecule has 1 fully saturated rings. The normalized spacial score (nSPS) is 22.2. The molecule has 0 amide bonds. The predicted octanol–water partition coefficient (Wildman–Crippen LogP) is 3.04. The van der Waals surface area contributed by atoms with Crippen LogP contribution in [0.2, 0.25) is 0 Å². The van der Waals surface area contributed by atoms with E-state index in [1.54, 1.807) is 0 Å². The third kappa shape index (κ3) is 3.45. The van der Waals surface area contributed by atoms with E-state index >= 15 is 0 Å². The zero-order chi connectivity index (χ0) is 22.2. The summed E-state index contributed by atoms with van der Waals surface area (Å²) in [7, 11) is 0. The van der Waals surface area contributed by atoms with Gasteiger partial charge in [0.15, 0.2) is 0 Å². The minimum Gasteiger partial charge on any atom is -0.384 e. The van der Waals surface area contributed by atoms with Crippen LogP contribution in [0, 0.1) is 0 Å². The lowest BCUT2D eigenvalue weighted by Gasteiger charge is -2.52. The third-order valence-electron chi connectivity index (χ3n) is 6.17. The maximum Gasteiger partial charge on any atom is 0.222 e. The van der Waals surface area contributed by atoms with Crippen molar-refractivity contribution in [3.63, 3.8) is 0 Å². The van der Waals surface area contributed by atoms with Crippen LogP contribution < -0.4 is 22.9 Å². The second kappa shape index (κ2) is 7.81. The van der Waals surface area contributed by atoms with Crippen LogP contribution in [-0.2, 0) is 0 Å². The molecule has 1 aliphatic rings. The Morgan fingerprint density at radius 3 is 1.19 bits per heavy atom. The first-order valence-corrected chi connectivity index (χ1v) is 10.4. The molecule has 0 radical (unpaired) electrons. The van der Waals surface area contributed by atoms with E-state index in [0.717, 1.165) is 11.4 Å². The van der Waals surface area contributed by atoms with E-state index in [1.807, 2.05) is 48.5 Å². The van der Waals surface area contributed by atoms with Crippen molar-refractivity contribution in [3.8, 4) is 0 Å². The van der Waals surface area contributed by atoms with Crippen molar-refractivity contribution in [2.75, 3.05) is 22.9 Å². The lowest BCUT2D eigenvalue weighted by atomic mass is 9.50. The fourth-order valence-corrected chi connectivity index (χ4v) is 5.02. The standard InChI is InChI=1S/C24H24N8/c25-17-11-15(29-23(27)31-17)21-19(13-7-3-1-4-8-13)22(16-12-18(26)32-24(28)30-16)20(21)14-9-5-2-6-10-14/h1-12,19-22H,(H4,25,27,29,31)(H4,26,28,30,32)/t19-,20-,21-,22-. The Morgan fingerprint density at radius 1 is 0.469 bits per heavy atom. The molecule has 5 rings (SSSR count). The minimum absolute atomic E-state index is 0.00909. The first-order chi connectivity index (χ1) is 15.5. The van der Waals surface area contributed by atoms with E-state index in [4.69, 9.17) is 22.9 Å². The average molecular weight is 425 g/mol. The third-order valence-corrected chi connectivity index (χ3v) is 6.17. The summed E-state index contributed by atoms with van der Waals surface area (Å²) in [5.41, 5.74) is 28.0. The molecule has 2 aromatic carbocycles. The number of hydrogen-bond acceptors (Lipinski definition) is 8. The van der Waals surface area contributed by atoms with Crippen molar-refractivity contribution in [1.82, 2.24) is 19.9 Å². The molecule has 0 bridgehead atoms. The SMILES string of the molecule is Nc1cc([C@H]2[C@H](c3ccccc3)[C@H](c3cc(N)nc(N)n3)[C@H]2c2ccccc2)nc(N)n1. The van der Waals surface area contributed by atoms with Gasteiger partial charge in [-0.25, -0.2) is 9.97 Å². The highest BCUT2D eigenvalue weighted by molar-refractivity contribution is 5.50. The van der Waals surface area contributed by atoms with E-state index in [9.17, 15) is 0 Å². The highest BCUT2D eigenvalue weighted by Crippen LogP contribution is 2.66. The van der Waals surface area contributed by atoms with Gasteiger partial charge in [0.05, 0.1) is 11.4 Å². The van der Waals surface area contributed by atoms with Gasteiger partial charge in [0, 0.05) is 35.8 Å². The fraction of sp³-hybridized carbons (Fsp3) is 0.167. The van der Waals surface area contributed by atoms with Crippen LogP contribution in [-0.4, -0.2) is 19.9 Å². The molecule has 1 saturated carbocycles. The molecule has 160 valence electrons. The number of nitrogens with two attached hydrogens (primary N) is 4. The van der Waals surface area contributed by atoms with Gasteiger partial charge < -0.3 is 22.9 Å². The van der Waals surface area contributed by atoms with Crippen LogP contribution in [0.1, 0.15) is 46.2 Å². The summed E-state index contributed by atoms with van der Waals surface area (Å²) in [6.45, 7) is 0. The first kappa shape index (κ1) is 19.7. The molecule has 0 aliphatic heterocycles. The van der Waals surface area contributed by atoms with Gasteiger partial charge in [0.1, 0.15) is 11.6 Å². The van der Waals surface area contributed by atoms with Gasteiger partial charge in [-0.1, -0.05) is 60.7 Å². The van der Waals surface area contributed by atoms with E-state index in [0.29, 0.717) is 11.6 Å². The van der Waals surface area contributed by atoms with Crippen LogP contribution >= 0.6 is 0 Å². The average Bonchev–Trinajstić information content (AvgIpc) is 2.73. The Bertz CT molecular complexity index is 1100. The Kier molecular flexibility index (Phi) is 4.82. The second-order valence-corrected chi connectivity index (χ2v) is 8.08. The van der Waals surface area contributed by atoms with Crippen molar-refractivity contribution in [3.05, 3.63) is 95.3 Å². The monoisotopic (exact) mass is 424 g/mol. The number of anilines is 4.